The van der Waals surface area contributed by atoms with Crippen LogP contribution in [0.4, 0.5) is 8.78 Å². The van der Waals surface area contributed by atoms with Gasteiger partial charge in [0.05, 0.1) is 11.6 Å². The summed E-state index contributed by atoms with van der Waals surface area (Å²) >= 11 is 9.03. The highest BCUT2D eigenvalue weighted by Gasteiger charge is 2.19. The van der Waals surface area contributed by atoms with Crippen LogP contribution >= 0.6 is 27.5 Å². The van der Waals surface area contributed by atoms with Crippen LogP contribution < -0.4 is 5.32 Å². The van der Waals surface area contributed by atoms with Gasteiger partial charge >= 0.3 is 0 Å². The van der Waals surface area contributed by atoms with Gasteiger partial charge in [-0.2, -0.15) is 0 Å². The fourth-order valence-electron chi connectivity index (χ4n) is 1.94. The Morgan fingerprint density at radius 2 is 1.86 bits per heavy atom. The summed E-state index contributed by atoms with van der Waals surface area (Å²) in [5.41, 5.74) is 0.166. The zero-order chi connectivity index (χ0) is 15.6. The van der Waals surface area contributed by atoms with Gasteiger partial charge in [0.15, 0.2) is 0 Å². The monoisotopic (exact) mass is 373 g/mol. The Morgan fingerprint density at radius 3 is 2.43 bits per heavy atom. The van der Waals surface area contributed by atoms with Crippen molar-refractivity contribution in [3.05, 3.63) is 68.7 Å². The van der Waals surface area contributed by atoms with E-state index in [4.69, 9.17) is 11.6 Å². The number of carbonyl (C=O) groups excluding carboxylic acids is 1. The van der Waals surface area contributed by atoms with Gasteiger partial charge in [-0.3, -0.25) is 4.79 Å². The van der Waals surface area contributed by atoms with E-state index in [2.05, 4.69) is 21.2 Å². The molecule has 1 unspecified atom stereocenters. The predicted molar refractivity (Wildman–Crippen MR) is 81.4 cm³/mol. The minimum Gasteiger partial charge on any atom is -0.345 e. The molecule has 0 aromatic heterocycles. The van der Waals surface area contributed by atoms with Crippen molar-refractivity contribution >= 4 is 33.4 Å². The first-order valence-corrected chi connectivity index (χ1v) is 7.27. The number of rotatable bonds is 3. The highest BCUT2D eigenvalue weighted by molar-refractivity contribution is 9.10. The molecule has 0 aliphatic rings. The van der Waals surface area contributed by atoms with Gasteiger partial charge in [0, 0.05) is 15.1 Å². The second-order valence-corrected chi connectivity index (χ2v) is 5.75. The predicted octanol–water partition coefficient (Wildman–Crippen LogP) is 4.87. The summed E-state index contributed by atoms with van der Waals surface area (Å²) in [5.74, 6) is -1.84. The quantitative estimate of drug-likeness (QED) is 0.816. The van der Waals surface area contributed by atoms with Gasteiger partial charge in [-0.05, 0) is 53.2 Å². The summed E-state index contributed by atoms with van der Waals surface area (Å²) in [4.78, 5) is 12.2. The van der Waals surface area contributed by atoms with Crippen LogP contribution in [0.15, 0.2) is 40.9 Å². The zero-order valence-electron chi connectivity index (χ0n) is 11.0. The van der Waals surface area contributed by atoms with Crippen molar-refractivity contribution in [1.29, 1.82) is 0 Å². The Balaban J connectivity index is 2.23. The van der Waals surface area contributed by atoms with Gasteiger partial charge in [-0.15, -0.1) is 0 Å². The lowest BCUT2D eigenvalue weighted by Gasteiger charge is -2.16. The van der Waals surface area contributed by atoms with Crippen LogP contribution in [0.5, 0.6) is 0 Å². The molecule has 2 aromatic carbocycles. The number of amides is 1. The van der Waals surface area contributed by atoms with Crippen molar-refractivity contribution in [1.82, 2.24) is 5.32 Å². The van der Waals surface area contributed by atoms with Gasteiger partial charge in [0.2, 0.25) is 0 Å². The Labute approximate surface area is 134 Å². The lowest BCUT2D eigenvalue weighted by Crippen LogP contribution is -2.28. The molecule has 0 radical (unpaired) electrons. The standard InChI is InChI=1S/C15H11BrClF2NO/c1-8(14-12(18)3-2-4-13(14)19)20-15(21)10-6-5-9(17)7-11(10)16/h2-8H,1H3,(H,20,21). The molecular weight excluding hydrogens is 364 g/mol. The number of carbonyl (C=O) groups is 1. The Hall–Kier alpha value is -1.46. The molecule has 21 heavy (non-hydrogen) atoms. The van der Waals surface area contributed by atoms with Crippen molar-refractivity contribution in [3.8, 4) is 0 Å². The third kappa shape index (κ3) is 3.60. The normalized spacial score (nSPS) is 12.0. The fraction of sp³-hybridized carbons (Fsp3) is 0.133. The first-order chi connectivity index (χ1) is 9.90. The second-order valence-electron chi connectivity index (χ2n) is 4.45. The van der Waals surface area contributed by atoms with Crippen LogP contribution in [-0.4, -0.2) is 5.91 Å². The molecule has 1 atom stereocenters. The maximum absolute atomic E-state index is 13.7. The molecule has 0 saturated carbocycles. The average Bonchev–Trinajstić information content (AvgIpc) is 2.37. The molecule has 2 aromatic rings. The molecule has 6 heteroatoms. The summed E-state index contributed by atoms with van der Waals surface area (Å²) in [6.07, 6.45) is 0. The SMILES string of the molecule is CC(NC(=O)c1ccc(Cl)cc1Br)c1c(F)cccc1F. The average molecular weight is 375 g/mol. The molecule has 0 aliphatic heterocycles. The molecule has 2 nitrogen and oxygen atoms in total. The van der Waals surface area contributed by atoms with E-state index in [1.807, 2.05) is 0 Å². The van der Waals surface area contributed by atoms with Crippen LogP contribution in [0.1, 0.15) is 28.9 Å². The van der Waals surface area contributed by atoms with Crippen LogP contribution in [-0.2, 0) is 0 Å². The van der Waals surface area contributed by atoms with Crippen molar-refractivity contribution in [2.24, 2.45) is 0 Å². The second kappa shape index (κ2) is 6.54. The van der Waals surface area contributed by atoms with E-state index in [0.29, 0.717) is 15.1 Å². The molecule has 0 saturated heterocycles. The van der Waals surface area contributed by atoms with Gasteiger partial charge in [-0.1, -0.05) is 17.7 Å². The molecule has 2 rings (SSSR count). The van der Waals surface area contributed by atoms with Gasteiger partial charge < -0.3 is 5.32 Å². The number of benzene rings is 2. The maximum atomic E-state index is 13.7. The summed E-state index contributed by atoms with van der Waals surface area (Å²) in [6.45, 7) is 1.52. The molecule has 0 fully saturated rings. The highest BCUT2D eigenvalue weighted by atomic mass is 79.9. The van der Waals surface area contributed by atoms with Crippen molar-refractivity contribution in [3.63, 3.8) is 0 Å². The third-order valence-corrected chi connectivity index (χ3v) is 3.85. The molecule has 1 amide bonds. The summed E-state index contributed by atoms with van der Waals surface area (Å²) < 4.78 is 27.8. The molecule has 110 valence electrons. The number of nitrogens with one attached hydrogen (secondary N) is 1. The lowest BCUT2D eigenvalue weighted by atomic mass is 10.1. The van der Waals surface area contributed by atoms with E-state index < -0.39 is 23.6 Å². The molecule has 0 bridgehead atoms. The zero-order valence-corrected chi connectivity index (χ0v) is 13.3. The summed E-state index contributed by atoms with van der Waals surface area (Å²) in [7, 11) is 0. The van der Waals surface area contributed by atoms with Crippen LogP contribution in [0.2, 0.25) is 5.02 Å². The van der Waals surface area contributed by atoms with Crippen molar-refractivity contribution in [2.75, 3.05) is 0 Å². The molecule has 0 spiro atoms. The summed E-state index contributed by atoms with van der Waals surface area (Å²) in [5, 5.41) is 3.04. The Morgan fingerprint density at radius 1 is 1.24 bits per heavy atom. The number of hydrogen-bond acceptors (Lipinski definition) is 1. The van der Waals surface area contributed by atoms with E-state index in [-0.39, 0.29) is 5.56 Å². The van der Waals surface area contributed by atoms with E-state index in [9.17, 15) is 13.6 Å². The van der Waals surface area contributed by atoms with Crippen molar-refractivity contribution in [2.45, 2.75) is 13.0 Å². The third-order valence-electron chi connectivity index (χ3n) is 2.96. The van der Waals surface area contributed by atoms with Crippen LogP contribution in [0.3, 0.4) is 0 Å². The van der Waals surface area contributed by atoms with Crippen LogP contribution in [0.25, 0.3) is 0 Å². The topological polar surface area (TPSA) is 29.1 Å². The summed E-state index contributed by atoms with van der Waals surface area (Å²) in [6, 6.07) is 7.45. The molecular formula is C15H11BrClF2NO. The first kappa shape index (κ1) is 15.9. The van der Waals surface area contributed by atoms with E-state index in [0.717, 1.165) is 12.1 Å². The van der Waals surface area contributed by atoms with Crippen molar-refractivity contribution < 1.29 is 13.6 Å². The number of halogens is 4. The Kier molecular flexibility index (Phi) is 4.96. The maximum Gasteiger partial charge on any atom is 0.252 e. The molecule has 0 heterocycles. The molecule has 1 N–H and O–H groups in total. The largest absolute Gasteiger partial charge is 0.345 e. The minimum absolute atomic E-state index is 0.170. The van der Waals surface area contributed by atoms with Gasteiger partial charge in [0.1, 0.15) is 11.6 Å². The van der Waals surface area contributed by atoms with E-state index >= 15 is 0 Å². The first-order valence-electron chi connectivity index (χ1n) is 6.10. The minimum atomic E-state index is -0.804. The van der Waals surface area contributed by atoms with Gasteiger partial charge in [-0.25, -0.2) is 8.78 Å². The van der Waals surface area contributed by atoms with E-state index in [1.54, 1.807) is 12.1 Å². The smallest absolute Gasteiger partial charge is 0.252 e. The van der Waals surface area contributed by atoms with Gasteiger partial charge in [0.25, 0.3) is 5.91 Å². The lowest BCUT2D eigenvalue weighted by molar-refractivity contribution is 0.0938. The number of hydrogen-bond donors (Lipinski definition) is 1. The van der Waals surface area contributed by atoms with E-state index in [1.165, 1.54) is 19.1 Å². The fourth-order valence-corrected chi connectivity index (χ4v) is 2.81. The highest BCUT2D eigenvalue weighted by Crippen LogP contribution is 2.24. The Bertz CT molecular complexity index is 673. The molecule has 0 aliphatic carbocycles. The van der Waals surface area contributed by atoms with Crippen LogP contribution in [0, 0.1) is 11.6 Å².